The predicted molar refractivity (Wildman–Crippen MR) is 116 cm³/mol. The third-order valence-electron chi connectivity index (χ3n) is 4.37. The van der Waals surface area contributed by atoms with Crippen LogP contribution in [0.1, 0.15) is 24.4 Å². The maximum absolute atomic E-state index is 12.4. The summed E-state index contributed by atoms with van der Waals surface area (Å²) in [6, 6.07) is 11.3. The Balaban J connectivity index is 1.82. The molecule has 0 fully saturated rings. The van der Waals surface area contributed by atoms with E-state index in [2.05, 4.69) is 42.6 Å². The van der Waals surface area contributed by atoms with Crippen LogP contribution in [0.5, 0.6) is 0 Å². The number of rotatable bonds is 7. The van der Waals surface area contributed by atoms with E-state index in [1.54, 1.807) is 11.4 Å². The Morgan fingerprint density at radius 1 is 1.34 bits per heavy atom. The molecule has 0 aliphatic rings. The van der Waals surface area contributed by atoms with Gasteiger partial charge in [-0.15, -0.1) is 21.5 Å². The second kappa shape index (κ2) is 9.41. The summed E-state index contributed by atoms with van der Waals surface area (Å²) in [5, 5.41) is 24.2. The summed E-state index contributed by atoms with van der Waals surface area (Å²) in [5.41, 5.74) is 1.35. The molecular weight excluding hydrogens is 428 g/mol. The van der Waals surface area contributed by atoms with E-state index in [9.17, 15) is 4.79 Å². The summed E-state index contributed by atoms with van der Waals surface area (Å²) in [4.78, 5) is 13.6. The zero-order chi connectivity index (χ0) is 21.0. The van der Waals surface area contributed by atoms with Gasteiger partial charge in [-0.05, 0) is 42.6 Å². The van der Waals surface area contributed by atoms with Gasteiger partial charge in [-0.2, -0.15) is 5.26 Å². The summed E-state index contributed by atoms with van der Waals surface area (Å²) in [5.74, 6) is 0.755. The monoisotopic (exact) mass is 447 g/mol. The number of nitrogens with one attached hydrogen (secondary N) is 2. The molecule has 0 saturated heterocycles. The van der Waals surface area contributed by atoms with Crippen molar-refractivity contribution in [2.24, 2.45) is 0 Å². The van der Waals surface area contributed by atoms with Gasteiger partial charge in [-0.25, -0.2) is 0 Å². The number of hydrogen-bond donors (Lipinski definition) is 2. The van der Waals surface area contributed by atoms with E-state index in [1.165, 1.54) is 28.0 Å². The summed E-state index contributed by atoms with van der Waals surface area (Å²) in [6.07, 6.45) is 0. The van der Waals surface area contributed by atoms with Crippen molar-refractivity contribution < 1.29 is 9.69 Å². The van der Waals surface area contributed by atoms with Gasteiger partial charge < -0.3 is 10.2 Å². The third kappa shape index (κ3) is 4.97. The Morgan fingerprint density at radius 3 is 2.72 bits per heavy atom. The van der Waals surface area contributed by atoms with Crippen LogP contribution < -0.4 is 10.2 Å². The van der Waals surface area contributed by atoms with Crippen LogP contribution >= 0.6 is 34.7 Å². The second-order valence-electron chi connectivity index (χ2n) is 6.56. The number of carbonyl (C=O) groups is 1. The van der Waals surface area contributed by atoms with Crippen LogP contribution in [0.25, 0.3) is 5.69 Å². The van der Waals surface area contributed by atoms with E-state index in [4.69, 9.17) is 16.9 Å². The molecule has 1 amide bonds. The van der Waals surface area contributed by atoms with Crippen LogP contribution in [-0.2, 0) is 4.79 Å². The van der Waals surface area contributed by atoms with Crippen molar-refractivity contribution in [3.05, 3.63) is 52.1 Å². The molecule has 29 heavy (non-hydrogen) atoms. The summed E-state index contributed by atoms with van der Waals surface area (Å²) in [6.45, 7) is 2.08. The molecule has 0 spiro atoms. The lowest BCUT2D eigenvalue weighted by Gasteiger charge is -2.18. The number of quaternary nitrogens is 1. The summed E-state index contributed by atoms with van der Waals surface area (Å²) in [7, 11) is 4.11. The van der Waals surface area contributed by atoms with Crippen molar-refractivity contribution in [3.63, 3.8) is 0 Å². The Kier molecular flexibility index (Phi) is 6.92. The highest BCUT2D eigenvalue weighted by atomic mass is 35.5. The largest absolute Gasteiger partial charge is 0.331 e. The van der Waals surface area contributed by atoms with Gasteiger partial charge in [0.15, 0.2) is 11.0 Å². The normalized spacial score (nSPS) is 12.0. The number of anilines is 1. The number of nitrogens with zero attached hydrogens (tertiary/aromatic N) is 4. The lowest BCUT2D eigenvalue weighted by molar-refractivity contribution is -0.890. The zero-order valence-corrected chi connectivity index (χ0v) is 18.5. The van der Waals surface area contributed by atoms with Gasteiger partial charge >= 0.3 is 0 Å². The second-order valence-corrected chi connectivity index (χ2v) is 8.86. The van der Waals surface area contributed by atoms with E-state index < -0.39 is 0 Å². The van der Waals surface area contributed by atoms with Crippen LogP contribution in [0.4, 0.5) is 5.00 Å². The molecule has 3 aromatic rings. The van der Waals surface area contributed by atoms with Crippen LogP contribution in [0, 0.1) is 11.3 Å². The Morgan fingerprint density at radius 2 is 2.07 bits per heavy atom. The Hall–Kier alpha value is -2.38. The first-order valence-corrected chi connectivity index (χ1v) is 11.1. The standard InChI is InChI=1S/C19H19ClN6OS2/c1-12(25(2)3)17-23-24-19(26(17)15-6-4-14(20)5-7-15)29-11-16(27)22-18-13(10-21)8-9-28-18/h4-9,12H,11H2,1-3H3,(H,22,27)/p+1/t12-/m0/s1. The fraction of sp³-hybridized carbons (Fsp3) is 0.263. The highest BCUT2D eigenvalue weighted by Gasteiger charge is 2.24. The van der Waals surface area contributed by atoms with Crippen molar-refractivity contribution in [2.45, 2.75) is 18.1 Å². The number of thiophene rings is 1. The van der Waals surface area contributed by atoms with Gasteiger partial charge in [-0.3, -0.25) is 9.36 Å². The number of halogens is 1. The van der Waals surface area contributed by atoms with Crippen molar-refractivity contribution in [2.75, 3.05) is 25.2 Å². The number of aromatic nitrogens is 3. The Labute approximate surface area is 182 Å². The van der Waals surface area contributed by atoms with E-state index >= 15 is 0 Å². The summed E-state index contributed by atoms with van der Waals surface area (Å²) < 4.78 is 1.96. The highest BCUT2D eigenvalue weighted by Crippen LogP contribution is 2.26. The average molecular weight is 448 g/mol. The molecule has 1 aromatic carbocycles. The van der Waals surface area contributed by atoms with Crippen molar-refractivity contribution >= 4 is 45.6 Å². The maximum atomic E-state index is 12.4. The summed E-state index contributed by atoms with van der Waals surface area (Å²) >= 11 is 8.66. The number of hydrogen-bond acceptors (Lipinski definition) is 6. The number of thioether (sulfide) groups is 1. The lowest BCUT2D eigenvalue weighted by Crippen LogP contribution is -3.05. The van der Waals surface area contributed by atoms with Gasteiger partial charge in [0.05, 0.1) is 25.4 Å². The molecule has 10 heteroatoms. The lowest BCUT2D eigenvalue weighted by atomic mass is 10.2. The molecule has 7 nitrogen and oxygen atoms in total. The molecular formula is C19H20ClN6OS2+. The van der Waals surface area contributed by atoms with E-state index in [0.29, 0.717) is 20.7 Å². The molecule has 1 atom stereocenters. The third-order valence-corrected chi connectivity index (χ3v) is 6.38. The SMILES string of the molecule is C[C@@H](c1nnc(SCC(=O)Nc2sccc2C#N)n1-c1ccc(Cl)cc1)[NH+](C)C. The average Bonchev–Trinajstić information content (AvgIpc) is 3.32. The quantitative estimate of drug-likeness (QED) is 0.544. The fourth-order valence-corrected chi connectivity index (χ4v) is 4.17. The van der Waals surface area contributed by atoms with Crippen molar-refractivity contribution in [3.8, 4) is 11.8 Å². The van der Waals surface area contributed by atoms with E-state index in [-0.39, 0.29) is 17.7 Å². The molecule has 0 unspecified atom stereocenters. The first-order valence-electron chi connectivity index (χ1n) is 8.82. The topological polar surface area (TPSA) is 88.0 Å². The molecule has 2 heterocycles. The smallest absolute Gasteiger partial charge is 0.235 e. The molecule has 0 saturated carbocycles. The zero-order valence-electron chi connectivity index (χ0n) is 16.1. The minimum absolute atomic E-state index is 0.102. The van der Waals surface area contributed by atoms with Gasteiger partial charge in [0.1, 0.15) is 17.1 Å². The van der Waals surface area contributed by atoms with Crippen LogP contribution in [-0.4, -0.2) is 40.5 Å². The molecule has 0 radical (unpaired) electrons. The molecule has 2 aromatic heterocycles. The first kappa shape index (κ1) is 21.3. The van der Waals surface area contributed by atoms with Crippen LogP contribution in [0.3, 0.4) is 0 Å². The predicted octanol–water partition coefficient (Wildman–Crippen LogP) is 2.79. The fourth-order valence-electron chi connectivity index (χ4n) is 2.53. The van der Waals surface area contributed by atoms with Crippen LogP contribution in [0.15, 0.2) is 40.9 Å². The van der Waals surface area contributed by atoms with Gasteiger partial charge in [0.2, 0.25) is 5.91 Å². The van der Waals surface area contributed by atoms with Gasteiger partial charge in [0, 0.05) is 10.7 Å². The van der Waals surface area contributed by atoms with Gasteiger partial charge in [0.25, 0.3) is 0 Å². The molecule has 0 aliphatic carbocycles. The van der Waals surface area contributed by atoms with E-state index in [0.717, 1.165) is 11.5 Å². The minimum Gasteiger partial charge on any atom is -0.331 e. The number of nitriles is 1. The van der Waals surface area contributed by atoms with Gasteiger partial charge in [-0.1, -0.05) is 23.4 Å². The first-order chi connectivity index (χ1) is 13.9. The highest BCUT2D eigenvalue weighted by molar-refractivity contribution is 7.99. The van der Waals surface area contributed by atoms with Crippen molar-refractivity contribution in [1.29, 1.82) is 5.26 Å². The molecule has 150 valence electrons. The minimum atomic E-state index is -0.201. The van der Waals surface area contributed by atoms with E-state index in [1.807, 2.05) is 28.8 Å². The molecule has 2 N–H and O–H groups in total. The molecule has 0 bridgehead atoms. The maximum Gasteiger partial charge on any atom is 0.235 e. The number of amides is 1. The number of carbonyl (C=O) groups excluding carboxylic acids is 1. The Bertz CT molecular complexity index is 1040. The van der Waals surface area contributed by atoms with Crippen LogP contribution in [0.2, 0.25) is 5.02 Å². The van der Waals surface area contributed by atoms with Crippen molar-refractivity contribution in [1.82, 2.24) is 14.8 Å². The molecule has 3 rings (SSSR count). The number of benzene rings is 1. The molecule has 0 aliphatic heterocycles.